The summed E-state index contributed by atoms with van der Waals surface area (Å²) < 4.78 is 55.9. The highest BCUT2D eigenvalue weighted by atomic mass is 19.3. The minimum Gasteiger partial charge on any atom is -0.465 e. The Labute approximate surface area is 112 Å². The zero-order chi connectivity index (χ0) is 15.1. The van der Waals surface area contributed by atoms with Gasteiger partial charge in [0.25, 0.3) is 0 Å². The number of rotatable bonds is 7. The third-order valence-electron chi connectivity index (χ3n) is 2.88. The number of alkyl halides is 4. The molecule has 10 heteroatoms. The summed E-state index contributed by atoms with van der Waals surface area (Å²) in [6, 6.07) is -0.762. The van der Waals surface area contributed by atoms with Gasteiger partial charge in [-0.15, -0.1) is 0 Å². The Morgan fingerprint density at radius 2 is 1.85 bits per heavy atom. The number of hydrogen-bond donors (Lipinski definition) is 1. The third-order valence-corrected chi connectivity index (χ3v) is 2.88. The average molecular weight is 304 g/mol. The van der Waals surface area contributed by atoms with Gasteiger partial charge in [0.2, 0.25) is 0 Å². The summed E-state index contributed by atoms with van der Waals surface area (Å²) >= 11 is 0. The Morgan fingerprint density at radius 3 is 2.40 bits per heavy atom. The minimum atomic E-state index is -2.98. The topological polar surface area (TPSA) is 62.2 Å². The van der Waals surface area contributed by atoms with Crippen LogP contribution in [0.25, 0.3) is 0 Å². The van der Waals surface area contributed by atoms with E-state index < -0.39 is 32.0 Å². The van der Waals surface area contributed by atoms with Gasteiger partial charge in [0.05, 0.1) is 19.3 Å². The molecule has 1 rings (SSSR count). The zero-order valence-corrected chi connectivity index (χ0v) is 10.6. The smallest absolute Gasteiger partial charge is 0.407 e. The average Bonchev–Trinajstić information content (AvgIpc) is 2.35. The molecular formula is C10H16F4N2O4. The molecular weight excluding hydrogens is 288 g/mol. The second-order valence-electron chi connectivity index (χ2n) is 4.16. The Balaban J connectivity index is 2.44. The van der Waals surface area contributed by atoms with E-state index in [0.29, 0.717) is 6.54 Å². The van der Waals surface area contributed by atoms with E-state index in [4.69, 9.17) is 5.11 Å². The van der Waals surface area contributed by atoms with Crippen LogP contribution in [-0.2, 0) is 9.47 Å². The Kier molecular flexibility index (Phi) is 6.96. The summed E-state index contributed by atoms with van der Waals surface area (Å²) in [6.45, 7) is -5.79. The molecule has 1 saturated heterocycles. The third kappa shape index (κ3) is 5.88. The Morgan fingerprint density at radius 1 is 1.20 bits per heavy atom. The highest BCUT2D eigenvalue weighted by Crippen LogP contribution is 2.12. The van der Waals surface area contributed by atoms with Crippen molar-refractivity contribution in [3.8, 4) is 0 Å². The second-order valence-corrected chi connectivity index (χ2v) is 4.16. The van der Waals surface area contributed by atoms with Gasteiger partial charge in [-0.05, 0) is 0 Å². The molecule has 0 bridgehead atoms. The minimum absolute atomic E-state index is 0.0985. The van der Waals surface area contributed by atoms with Crippen molar-refractivity contribution in [3.05, 3.63) is 0 Å². The highest BCUT2D eigenvalue weighted by Gasteiger charge is 2.31. The number of carboxylic acid groups (broad SMARTS) is 1. The molecule has 0 spiro atoms. The first-order valence-corrected chi connectivity index (χ1v) is 5.91. The molecule has 118 valence electrons. The van der Waals surface area contributed by atoms with E-state index >= 15 is 0 Å². The van der Waals surface area contributed by atoms with Crippen molar-refractivity contribution < 1.29 is 36.9 Å². The van der Waals surface area contributed by atoms with Crippen LogP contribution in [0.2, 0.25) is 0 Å². The fourth-order valence-corrected chi connectivity index (χ4v) is 1.97. The maximum Gasteiger partial charge on any atom is 0.407 e. The summed E-state index contributed by atoms with van der Waals surface area (Å²) in [5, 5.41) is 8.95. The monoisotopic (exact) mass is 304 g/mol. The van der Waals surface area contributed by atoms with Crippen LogP contribution in [0, 0.1) is 0 Å². The number of halogens is 4. The highest BCUT2D eigenvalue weighted by molar-refractivity contribution is 5.65. The van der Waals surface area contributed by atoms with Crippen LogP contribution in [0.3, 0.4) is 0 Å². The van der Waals surface area contributed by atoms with Crippen molar-refractivity contribution in [2.45, 2.75) is 19.3 Å². The molecule has 20 heavy (non-hydrogen) atoms. The molecule has 0 aliphatic carbocycles. The molecule has 1 heterocycles. The van der Waals surface area contributed by atoms with E-state index in [0.717, 1.165) is 4.90 Å². The van der Waals surface area contributed by atoms with Crippen molar-refractivity contribution in [1.29, 1.82) is 0 Å². The van der Waals surface area contributed by atoms with Gasteiger partial charge in [0.15, 0.2) is 0 Å². The van der Waals surface area contributed by atoms with Gasteiger partial charge in [0.1, 0.15) is 0 Å². The first-order chi connectivity index (χ1) is 9.40. The molecule has 1 atom stereocenters. The molecule has 0 saturated carbocycles. The lowest BCUT2D eigenvalue weighted by Crippen LogP contribution is -2.57. The second kappa shape index (κ2) is 8.22. The summed E-state index contributed by atoms with van der Waals surface area (Å²) in [6.07, 6.45) is -1.23. The van der Waals surface area contributed by atoms with Crippen molar-refractivity contribution >= 4 is 6.09 Å². The normalized spacial score (nSPS) is 20.9. The molecule has 0 radical (unpaired) electrons. The molecule has 1 N–H and O–H groups in total. The van der Waals surface area contributed by atoms with Gasteiger partial charge in [0, 0.05) is 26.2 Å². The number of nitrogens with zero attached hydrogens (tertiary/aromatic N) is 2. The molecule has 0 aromatic rings. The Hall–Kier alpha value is -1.13. The van der Waals surface area contributed by atoms with E-state index in [2.05, 4.69) is 9.47 Å². The van der Waals surface area contributed by atoms with E-state index in [-0.39, 0.29) is 26.2 Å². The molecule has 1 aliphatic heterocycles. The van der Waals surface area contributed by atoms with E-state index in [1.165, 1.54) is 0 Å². The van der Waals surface area contributed by atoms with Crippen molar-refractivity contribution in [2.24, 2.45) is 0 Å². The number of carbonyl (C=O) groups is 1. The molecule has 1 amide bonds. The van der Waals surface area contributed by atoms with Gasteiger partial charge in [-0.3, -0.25) is 4.90 Å². The van der Waals surface area contributed by atoms with Crippen molar-refractivity contribution in [1.82, 2.24) is 9.80 Å². The molecule has 1 fully saturated rings. The van der Waals surface area contributed by atoms with Gasteiger partial charge in [-0.2, -0.15) is 17.6 Å². The fraction of sp³-hybridized carbons (Fsp3) is 0.900. The van der Waals surface area contributed by atoms with Crippen LogP contribution in [-0.4, -0.2) is 79.7 Å². The zero-order valence-electron chi connectivity index (χ0n) is 10.6. The Bertz CT molecular complexity index is 309. The molecule has 1 unspecified atom stereocenters. The van der Waals surface area contributed by atoms with E-state index in [9.17, 15) is 22.4 Å². The van der Waals surface area contributed by atoms with Crippen LogP contribution in [0.5, 0.6) is 0 Å². The fourth-order valence-electron chi connectivity index (χ4n) is 1.97. The predicted molar refractivity (Wildman–Crippen MR) is 58.9 cm³/mol. The van der Waals surface area contributed by atoms with Crippen molar-refractivity contribution in [3.63, 3.8) is 0 Å². The SMILES string of the molecule is O=C(O)N1CCN(CCOC(F)F)CC1COC(F)F. The molecule has 0 aromatic carbocycles. The van der Waals surface area contributed by atoms with E-state index in [1.807, 2.05) is 0 Å². The lowest BCUT2D eigenvalue weighted by atomic mass is 10.2. The van der Waals surface area contributed by atoms with Crippen LogP contribution in [0.15, 0.2) is 0 Å². The summed E-state index contributed by atoms with van der Waals surface area (Å²) in [5.74, 6) is 0. The quantitative estimate of drug-likeness (QED) is 0.714. The van der Waals surface area contributed by atoms with E-state index in [1.54, 1.807) is 4.90 Å². The number of ether oxygens (including phenoxy) is 2. The van der Waals surface area contributed by atoms with Crippen LogP contribution in [0.1, 0.15) is 0 Å². The van der Waals surface area contributed by atoms with Crippen LogP contribution in [0.4, 0.5) is 22.4 Å². The standard InChI is InChI=1S/C10H16F4N2O4/c11-8(12)19-4-3-15-1-2-16(10(17)18)7(5-15)6-20-9(13)14/h7-9H,1-6H2,(H,17,18). The number of amides is 1. The largest absolute Gasteiger partial charge is 0.465 e. The first-order valence-electron chi connectivity index (χ1n) is 5.91. The maximum absolute atomic E-state index is 12.0. The molecule has 1 aliphatic rings. The lowest BCUT2D eigenvalue weighted by molar-refractivity contribution is -0.148. The number of piperazine rings is 1. The summed E-state index contributed by atoms with van der Waals surface area (Å²) in [7, 11) is 0. The summed E-state index contributed by atoms with van der Waals surface area (Å²) in [5.41, 5.74) is 0. The lowest BCUT2D eigenvalue weighted by Gasteiger charge is -2.39. The number of hydrogen-bond acceptors (Lipinski definition) is 4. The van der Waals surface area contributed by atoms with Gasteiger partial charge in [-0.1, -0.05) is 0 Å². The van der Waals surface area contributed by atoms with Crippen LogP contribution < -0.4 is 0 Å². The van der Waals surface area contributed by atoms with Gasteiger partial charge >= 0.3 is 19.3 Å². The predicted octanol–water partition coefficient (Wildman–Crippen LogP) is 1.13. The van der Waals surface area contributed by atoms with Crippen LogP contribution >= 0.6 is 0 Å². The molecule has 0 aromatic heterocycles. The van der Waals surface area contributed by atoms with Crippen molar-refractivity contribution in [2.75, 3.05) is 39.4 Å². The first kappa shape index (κ1) is 16.9. The van der Waals surface area contributed by atoms with Gasteiger partial charge < -0.3 is 19.5 Å². The summed E-state index contributed by atoms with van der Waals surface area (Å²) in [4.78, 5) is 13.6. The molecule has 6 nitrogen and oxygen atoms in total. The maximum atomic E-state index is 12.0. The van der Waals surface area contributed by atoms with Gasteiger partial charge in [-0.25, -0.2) is 4.79 Å².